The maximum Gasteiger partial charge on any atom is 0.173 e. The fourth-order valence-electron chi connectivity index (χ4n) is 5.86. The van der Waals surface area contributed by atoms with E-state index in [2.05, 4.69) is 76.4 Å². The van der Waals surface area contributed by atoms with Gasteiger partial charge in [0.05, 0.1) is 11.8 Å². The molecule has 0 saturated carbocycles. The zero-order chi connectivity index (χ0) is 25.7. The van der Waals surface area contributed by atoms with E-state index in [1.54, 1.807) is 12.1 Å². The third-order valence-corrected chi connectivity index (χ3v) is 7.36. The van der Waals surface area contributed by atoms with Gasteiger partial charge in [-0.05, 0) is 75.9 Å². The quantitative estimate of drug-likeness (QED) is 0.420. The van der Waals surface area contributed by atoms with E-state index < -0.39 is 11.8 Å². The fourth-order valence-corrected chi connectivity index (χ4v) is 5.86. The van der Waals surface area contributed by atoms with Crippen molar-refractivity contribution in [1.29, 1.82) is 0 Å². The lowest BCUT2D eigenvalue weighted by atomic mass is 9.69. The summed E-state index contributed by atoms with van der Waals surface area (Å²) in [7, 11) is 0. The predicted octanol–water partition coefficient (Wildman–Crippen LogP) is 7.15. The number of aryl methyl sites for hydroxylation is 6. The molecule has 0 fully saturated rings. The van der Waals surface area contributed by atoms with Crippen molar-refractivity contribution >= 4 is 22.9 Å². The van der Waals surface area contributed by atoms with E-state index in [1.807, 2.05) is 24.3 Å². The number of benzene rings is 3. The van der Waals surface area contributed by atoms with E-state index in [1.165, 1.54) is 11.1 Å². The molecule has 4 heteroatoms. The topological polar surface area (TPSA) is 58.2 Å². The standard InChI is InChI=1S/C32H32N2O2/c1-17-13-19(3)29(20(4)14-17)33-25-11-12-26(34-30-21(5)15-18(2)16-22(30)6)28-27(25)31(35)23-9-7-8-10-24(23)32(28)36/h7-16,27-28,33-34H,1-6H3. The van der Waals surface area contributed by atoms with Crippen molar-refractivity contribution < 1.29 is 9.59 Å². The van der Waals surface area contributed by atoms with Crippen molar-refractivity contribution in [2.24, 2.45) is 11.8 Å². The van der Waals surface area contributed by atoms with Crippen molar-refractivity contribution in [3.63, 3.8) is 0 Å². The molecule has 0 aromatic heterocycles. The molecule has 0 radical (unpaired) electrons. The maximum atomic E-state index is 13.9. The Balaban J connectivity index is 1.63. The predicted molar refractivity (Wildman–Crippen MR) is 147 cm³/mol. The summed E-state index contributed by atoms with van der Waals surface area (Å²) < 4.78 is 0. The third-order valence-electron chi connectivity index (χ3n) is 7.36. The molecule has 0 spiro atoms. The average molecular weight is 477 g/mol. The first kappa shape index (κ1) is 23.8. The molecule has 4 nitrogen and oxygen atoms in total. The molecule has 0 aliphatic heterocycles. The van der Waals surface area contributed by atoms with Gasteiger partial charge in [0.25, 0.3) is 0 Å². The highest BCUT2D eigenvalue weighted by Crippen LogP contribution is 2.42. The van der Waals surface area contributed by atoms with Crippen molar-refractivity contribution in [2.45, 2.75) is 41.5 Å². The van der Waals surface area contributed by atoms with Crippen LogP contribution in [0.4, 0.5) is 11.4 Å². The Morgan fingerprint density at radius 3 is 1.22 bits per heavy atom. The molecule has 0 heterocycles. The summed E-state index contributed by atoms with van der Waals surface area (Å²) in [6.07, 6.45) is 3.92. The van der Waals surface area contributed by atoms with Crippen molar-refractivity contribution in [1.82, 2.24) is 0 Å². The van der Waals surface area contributed by atoms with Gasteiger partial charge in [0.15, 0.2) is 11.6 Å². The van der Waals surface area contributed by atoms with Crippen LogP contribution in [-0.4, -0.2) is 11.6 Å². The highest BCUT2D eigenvalue weighted by Gasteiger charge is 2.46. The summed E-state index contributed by atoms with van der Waals surface area (Å²) in [5.41, 5.74) is 11.3. The van der Waals surface area contributed by atoms with Gasteiger partial charge >= 0.3 is 0 Å². The van der Waals surface area contributed by atoms with Gasteiger partial charge in [0.1, 0.15) is 0 Å². The summed E-state index contributed by atoms with van der Waals surface area (Å²) in [6, 6.07) is 15.7. The second-order valence-electron chi connectivity index (χ2n) is 10.3. The van der Waals surface area contributed by atoms with Gasteiger partial charge < -0.3 is 10.6 Å². The van der Waals surface area contributed by atoms with Gasteiger partial charge in [0, 0.05) is 33.9 Å². The Morgan fingerprint density at radius 1 is 0.556 bits per heavy atom. The van der Waals surface area contributed by atoms with Gasteiger partial charge in [-0.3, -0.25) is 9.59 Å². The summed E-state index contributed by atoms with van der Waals surface area (Å²) in [6.45, 7) is 12.4. The number of rotatable bonds is 4. The molecule has 0 saturated heterocycles. The molecule has 182 valence electrons. The first-order valence-electron chi connectivity index (χ1n) is 12.4. The van der Waals surface area contributed by atoms with E-state index in [0.29, 0.717) is 11.1 Å². The van der Waals surface area contributed by atoms with E-state index in [-0.39, 0.29) is 11.6 Å². The summed E-state index contributed by atoms with van der Waals surface area (Å²) >= 11 is 0. The van der Waals surface area contributed by atoms with E-state index in [0.717, 1.165) is 45.0 Å². The number of hydrogen-bond acceptors (Lipinski definition) is 4. The Bertz CT molecular complexity index is 1330. The van der Waals surface area contributed by atoms with Crippen LogP contribution in [-0.2, 0) is 0 Å². The Morgan fingerprint density at radius 2 is 0.889 bits per heavy atom. The molecule has 2 aliphatic carbocycles. The molecule has 0 amide bonds. The Kier molecular flexibility index (Phi) is 5.91. The van der Waals surface area contributed by atoms with Gasteiger partial charge in [0.2, 0.25) is 0 Å². The first-order chi connectivity index (χ1) is 17.2. The molecule has 2 aliphatic rings. The van der Waals surface area contributed by atoms with E-state index in [4.69, 9.17) is 0 Å². The number of ketones is 2. The molecule has 3 aromatic carbocycles. The van der Waals surface area contributed by atoms with Crippen LogP contribution in [0.25, 0.3) is 0 Å². The molecule has 2 N–H and O–H groups in total. The van der Waals surface area contributed by atoms with Crippen LogP contribution in [0.2, 0.25) is 0 Å². The number of anilines is 2. The van der Waals surface area contributed by atoms with Crippen molar-refractivity contribution in [3.8, 4) is 0 Å². The molecule has 3 aromatic rings. The molecular formula is C32H32N2O2. The van der Waals surface area contributed by atoms with Crippen LogP contribution >= 0.6 is 0 Å². The van der Waals surface area contributed by atoms with Crippen molar-refractivity contribution in [2.75, 3.05) is 10.6 Å². The first-order valence-corrected chi connectivity index (χ1v) is 12.4. The number of allylic oxidation sites excluding steroid dienone is 4. The molecule has 2 atom stereocenters. The largest absolute Gasteiger partial charge is 0.358 e. The average Bonchev–Trinajstić information content (AvgIpc) is 2.82. The number of carbonyl (C=O) groups is 2. The molecule has 0 bridgehead atoms. The number of carbonyl (C=O) groups excluding carboxylic acids is 2. The van der Waals surface area contributed by atoms with Gasteiger partial charge in [-0.15, -0.1) is 0 Å². The minimum Gasteiger partial charge on any atom is -0.358 e. The van der Waals surface area contributed by atoms with E-state index in [9.17, 15) is 9.59 Å². The maximum absolute atomic E-state index is 13.9. The zero-order valence-electron chi connectivity index (χ0n) is 21.7. The van der Waals surface area contributed by atoms with Crippen LogP contribution in [0.1, 0.15) is 54.1 Å². The lowest BCUT2D eigenvalue weighted by Crippen LogP contribution is -2.43. The summed E-state index contributed by atoms with van der Waals surface area (Å²) in [4.78, 5) is 27.8. The minimum absolute atomic E-state index is 0.0267. The smallest absolute Gasteiger partial charge is 0.173 e. The van der Waals surface area contributed by atoms with Gasteiger partial charge in [-0.2, -0.15) is 0 Å². The van der Waals surface area contributed by atoms with Crippen LogP contribution in [0, 0.1) is 53.4 Å². The van der Waals surface area contributed by atoms with E-state index >= 15 is 0 Å². The SMILES string of the molecule is Cc1cc(C)c(NC2=CC=C(Nc3c(C)cc(C)cc3C)C3C(=O)c4ccccc4C(=O)C23)c(C)c1. The molecular weight excluding hydrogens is 444 g/mol. The van der Waals surface area contributed by atoms with Crippen LogP contribution in [0.5, 0.6) is 0 Å². The van der Waals surface area contributed by atoms with Gasteiger partial charge in [-0.25, -0.2) is 0 Å². The lowest BCUT2D eigenvalue weighted by Gasteiger charge is -2.37. The lowest BCUT2D eigenvalue weighted by molar-refractivity contribution is 0.0787. The van der Waals surface area contributed by atoms with Crippen LogP contribution in [0.3, 0.4) is 0 Å². The molecule has 36 heavy (non-hydrogen) atoms. The second-order valence-corrected chi connectivity index (χ2v) is 10.3. The fraction of sp³-hybridized carbons (Fsp3) is 0.250. The third kappa shape index (κ3) is 3.97. The number of nitrogens with one attached hydrogen (secondary N) is 2. The summed E-state index contributed by atoms with van der Waals surface area (Å²) in [5, 5.41) is 7.11. The number of hydrogen-bond donors (Lipinski definition) is 2. The van der Waals surface area contributed by atoms with Crippen LogP contribution < -0.4 is 10.6 Å². The Labute approximate surface area is 213 Å². The highest BCUT2D eigenvalue weighted by molar-refractivity contribution is 6.18. The van der Waals surface area contributed by atoms with Gasteiger partial charge in [-0.1, -0.05) is 59.7 Å². The van der Waals surface area contributed by atoms with Crippen LogP contribution in [0.15, 0.2) is 72.1 Å². The number of fused-ring (bicyclic) bond motifs is 2. The zero-order valence-corrected chi connectivity index (χ0v) is 21.7. The Hall–Kier alpha value is -3.92. The normalized spacial score (nSPS) is 18.7. The monoisotopic (exact) mass is 476 g/mol. The minimum atomic E-state index is -0.619. The number of Topliss-reactive ketones (excluding diaryl/α,β-unsaturated/α-hetero) is 2. The van der Waals surface area contributed by atoms with Crippen molar-refractivity contribution in [3.05, 3.63) is 117 Å². The second kappa shape index (κ2) is 8.94. The summed E-state index contributed by atoms with van der Waals surface area (Å²) in [5.74, 6) is -1.29. The highest BCUT2D eigenvalue weighted by atomic mass is 16.1. The molecule has 5 rings (SSSR count). The molecule has 2 unspecified atom stereocenters.